The summed E-state index contributed by atoms with van der Waals surface area (Å²) in [4.78, 5) is 10.5. The van der Waals surface area contributed by atoms with Gasteiger partial charge in [0, 0.05) is 17.2 Å². The monoisotopic (exact) mass is 238 g/mol. The summed E-state index contributed by atoms with van der Waals surface area (Å²) in [6.45, 7) is 0. The predicted octanol–water partition coefficient (Wildman–Crippen LogP) is 1.58. The maximum atomic E-state index is 11.3. The predicted molar refractivity (Wildman–Crippen MR) is 62.5 cm³/mol. The number of rotatable bonds is 4. The largest absolute Gasteiger partial charge is 0.298 e. The topological polar surface area (TPSA) is 51.2 Å². The Labute approximate surface area is 95.4 Å². The Kier molecular flexibility index (Phi) is 2.62. The van der Waals surface area contributed by atoms with E-state index in [2.05, 4.69) is 0 Å². The molecule has 0 N–H and O–H groups in total. The summed E-state index contributed by atoms with van der Waals surface area (Å²) < 4.78 is 22.7. The normalized spacial score (nSPS) is 18.1. The molecule has 0 heterocycles. The Bertz CT molecular complexity index is 496. The molecule has 2 rings (SSSR count). The van der Waals surface area contributed by atoms with Gasteiger partial charge < -0.3 is 0 Å². The fraction of sp³-hybridized carbons (Fsp3) is 0.417. The highest BCUT2D eigenvalue weighted by Crippen LogP contribution is 2.49. The first kappa shape index (κ1) is 11.3. The van der Waals surface area contributed by atoms with Gasteiger partial charge in [0.2, 0.25) is 0 Å². The lowest BCUT2D eigenvalue weighted by Crippen LogP contribution is -2.19. The van der Waals surface area contributed by atoms with Crippen molar-refractivity contribution in [1.29, 1.82) is 0 Å². The molecule has 0 amide bonds. The maximum absolute atomic E-state index is 11.3. The Morgan fingerprint density at radius 2 is 1.81 bits per heavy atom. The Balaban J connectivity index is 2.26. The molecule has 1 saturated carbocycles. The van der Waals surface area contributed by atoms with Crippen LogP contribution in [0, 0.1) is 0 Å². The molecule has 1 aromatic carbocycles. The zero-order valence-corrected chi connectivity index (χ0v) is 9.96. The number of carbonyl (C=O) groups excluding carboxylic acids is 1. The summed E-state index contributed by atoms with van der Waals surface area (Å²) in [5.41, 5.74) is 1.47. The van der Waals surface area contributed by atoms with Crippen LogP contribution in [0.3, 0.4) is 0 Å². The van der Waals surface area contributed by atoms with Crippen molar-refractivity contribution in [3.63, 3.8) is 0 Å². The third kappa shape index (κ3) is 2.32. The molecule has 0 radical (unpaired) electrons. The van der Waals surface area contributed by atoms with E-state index in [1.54, 1.807) is 12.1 Å². The van der Waals surface area contributed by atoms with Gasteiger partial charge in [0.05, 0.1) is 5.75 Å². The van der Waals surface area contributed by atoms with Crippen LogP contribution in [0.2, 0.25) is 0 Å². The number of benzene rings is 1. The number of hydrogen-bond donors (Lipinski definition) is 0. The molecule has 3 nitrogen and oxygen atoms in total. The van der Waals surface area contributed by atoms with Crippen molar-refractivity contribution in [2.75, 3.05) is 12.0 Å². The summed E-state index contributed by atoms with van der Waals surface area (Å²) in [7, 11) is -2.95. The highest BCUT2D eigenvalue weighted by molar-refractivity contribution is 7.90. The Morgan fingerprint density at radius 3 is 2.19 bits per heavy atom. The van der Waals surface area contributed by atoms with Gasteiger partial charge in [-0.15, -0.1) is 0 Å². The highest BCUT2D eigenvalue weighted by atomic mass is 32.2. The molecule has 0 spiro atoms. The number of carbonyl (C=O) groups is 1. The first-order chi connectivity index (χ1) is 7.45. The lowest BCUT2D eigenvalue weighted by Gasteiger charge is -2.14. The molecule has 4 heteroatoms. The molecule has 0 unspecified atom stereocenters. The molecular formula is C12H14O3S. The average molecular weight is 238 g/mol. The van der Waals surface area contributed by atoms with Gasteiger partial charge in [-0.05, 0) is 18.4 Å². The molecule has 0 aromatic heterocycles. The van der Waals surface area contributed by atoms with Crippen molar-refractivity contribution < 1.29 is 13.2 Å². The van der Waals surface area contributed by atoms with E-state index in [4.69, 9.17) is 0 Å². The fourth-order valence-corrected chi connectivity index (χ4v) is 3.54. The second-order valence-electron chi connectivity index (χ2n) is 4.59. The molecule has 0 aliphatic heterocycles. The number of hydrogen-bond acceptors (Lipinski definition) is 3. The SMILES string of the molecule is CS(=O)(=O)CC1(c2ccc(C=O)cc2)CC1. The van der Waals surface area contributed by atoms with Crippen molar-refractivity contribution in [1.82, 2.24) is 0 Å². The Morgan fingerprint density at radius 1 is 1.25 bits per heavy atom. The van der Waals surface area contributed by atoms with E-state index in [9.17, 15) is 13.2 Å². The maximum Gasteiger partial charge on any atom is 0.150 e. The van der Waals surface area contributed by atoms with E-state index in [0.29, 0.717) is 5.56 Å². The zero-order valence-electron chi connectivity index (χ0n) is 9.14. The second kappa shape index (κ2) is 3.70. The minimum Gasteiger partial charge on any atom is -0.298 e. The number of sulfone groups is 1. The summed E-state index contributed by atoms with van der Waals surface area (Å²) in [6.07, 6.45) is 3.90. The van der Waals surface area contributed by atoms with E-state index in [-0.39, 0.29) is 11.2 Å². The van der Waals surface area contributed by atoms with Gasteiger partial charge in [-0.1, -0.05) is 24.3 Å². The lowest BCUT2D eigenvalue weighted by atomic mass is 9.97. The molecule has 1 aliphatic rings. The fourth-order valence-electron chi connectivity index (χ4n) is 2.08. The van der Waals surface area contributed by atoms with Gasteiger partial charge in [-0.25, -0.2) is 8.42 Å². The quantitative estimate of drug-likeness (QED) is 0.748. The molecule has 1 aromatic rings. The average Bonchev–Trinajstić information content (AvgIpc) is 2.96. The van der Waals surface area contributed by atoms with Crippen LogP contribution in [0.4, 0.5) is 0 Å². The van der Waals surface area contributed by atoms with Crippen LogP contribution in [0.1, 0.15) is 28.8 Å². The van der Waals surface area contributed by atoms with Crippen LogP contribution < -0.4 is 0 Å². The molecule has 1 aliphatic carbocycles. The third-order valence-corrected chi connectivity index (χ3v) is 4.13. The summed E-state index contributed by atoms with van der Waals surface area (Å²) in [6, 6.07) is 7.21. The van der Waals surface area contributed by atoms with Gasteiger partial charge in [-0.2, -0.15) is 0 Å². The second-order valence-corrected chi connectivity index (χ2v) is 6.73. The summed E-state index contributed by atoms with van der Waals surface area (Å²) in [5.74, 6) is 0.209. The minimum absolute atomic E-state index is 0.186. The van der Waals surface area contributed by atoms with Crippen molar-refractivity contribution in [3.8, 4) is 0 Å². The Hall–Kier alpha value is -1.16. The van der Waals surface area contributed by atoms with Gasteiger partial charge in [0.25, 0.3) is 0 Å². The molecule has 0 bridgehead atoms. The van der Waals surface area contributed by atoms with E-state index < -0.39 is 9.84 Å². The molecule has 0 saturated heterocycles. The standard InChI is InChI=1S/C12H14O3S/c1-16(14,15)9-12(6-7-12)11-4-2-10(8-13)3-5-11/h2-5,8H,6-7,9H2,1H3. The van der Waals surface area contributed by atoms with E-state index in [0.717, 1.165) is 24.7 Å². The van der Waals surface area contributed by atoms with Crippen LogP contribution in [0.25, 0.3) is 0 Å². The van der Waals surface area contributed by atoms with Crippen LogP contribution in [-0.2, 0) is 15.3 Å². The van der Waals surface area contributed by atoms with E-state index in [1.807, 2.05) is 12.1 Å². The van der Waals surface area contributed by atoms with E-state index in [1.165, 1.54) is 6.26 Å². The molecule has 16 heavy (non-hydrogen) atoms. The van der Waals surface area contributed by atoms with Crippen LogP contribution >= 0.6 is 0 Å². The molecule has 1 fully saturated rings. The number of aldehydes is 1. The van der Waals surface area contributed by atoms with Crippen molar-refractivity contribution in [2.45, 2.75) is 18.3 Å². The molecule has 86 valence electrons. The zero-order chi connectivity index (χ0) is 11.8. The third-order valence-electron chi connectivity index (χ3n) is 3.05. The van der Waals surface area contributed by atoms with Gasteiger partial charge in [0.15, 0.2) is 0 Å². The first-order valence-electron chi connectivity index (χ1n) is 5.19. The minimum atomic E-state index is -2.95. The van der Waals surface area contributed by atoms with E-state index >= 15 is 0 Å². The molecule has 0 atom stereocenters. The van der Waals surface area contributed by atoms with Crippen LogP contribution in [0.15, 0.2) is 24.3 Å². The smallest absolute Gasteiger partial charge is 0.150 e. The van der Waals surface area contributed by atoms with Crippen molar-refractivity contribution >= 4 is 16.1 Å². The van der Waals surface area contributed by atoms with Gasteiger partial charge >= 0.3 is 0 Å². The summed E-state index contributed by atoms with van der Waals surface area (Å²) in [5, 5.41) is 0. The van der Waals surface area contributed by atoms with Crippen molar-refractivity contribution in [3.05, 3.63) is 35.4 Å². The van der Waals surface area contributed by atoms with Crippen LogP contribution in [0.5, 0.6) is 0 Å². The summed E-state index contributed by atoms with van der Waals surface area (Å²) >= 11 is 0. The first-order valence-corrected chi connectivity index (χ1v) is 7.25. The molecular weight excluding hydrogens is 224 g/mol. The highest BCUT2D eigenvalue weighted by Gasteiger charge is 2.46. The lowest BCUT2D eigenvalue weighted by molar-refractivity contribution is 0.112. The van der Waals surface area contributed by atoms with Gasteiger partial charge in [-0.3, -0.25) is 4.79 Å². The van der Waals surface area contributed by atoms with Gasteiger partial charge in [0.1, 0.15) is 16.1 Å². The van der Waals surface area contributed by atoms with Crippen LogP contribution in [-0.4, -0.2) is 26.7 Å². The van der Waals surface area contributed by atoms with Crippen molar-refractivity contribution in [2.24, 2.45) is 0 Å².